The molecule has 74 valence electrons. The van der Waals surface area contributed by atoms with Crippen molar-refractivity contribution >= 4 is 0 Å². The first-order chi connectivity index (χ1) is 5.56. The summed E-state index contributed by atoms with van der Waals surface area (Å²) in [6.45, 7) is 7.24. The van der Waals surface area contributed by atoms with Crippen molar-refractivity contribution < 1.29 is 5.11 Å². The van der Waals surface area contributed by atoms with Gasteiger partial charge in [0.2, 0.25) is 0 Å². The van der Waals surface area contributed by atoms with Crippen molar-refractivity contribution in [3.05, 3.63) is 0 Å². The number of hydrogen-bond donors (Lipinski definition) is 1. The molecule has 0 aliphatic carbocycles. The van der Waals surface area contributed by atoms with Crippen molar-refractivity contribution in [2.45, 2.75) is 59.3 Å². The van der Waals surface area contributed by atoms with Crippen LogP contribution in [0.1, 0.15) is 59.3 Å². The van der Waals surface area contributed by atoms with Gasteiger partial charge in [0, 0.05) is 6.61 Å². The summed E-state index contributed by atoms with van der Waals surface area (Å²) < 4.78 is 0. The number of unbranched alkanes of at least 4 members (excludes halogenated alkanes) is 4. The van der Waals surface area contributed by atoms with Gasteiger partial charge in [-0.1, -0.05) is 46.5 Å². The van der Waals surface area contributed by atoms with Crippen LogP contribution in [0.3, 0.4) is 0 Å². The Labute approximate surface area is 77.2 Å². The van der Waals surface area contributed by atoms with Crippen molar-refractivity contribution in [3.8, 4) is 0 Å². The van der Waals surface area contributed by atoms with Crippen molar-refractivity contribution in [2.75, 3.05) is 6.61 Å². The molecule has 0 spiro atoms. The molecule has 0 atom stereocenters. The van der Waals surface area contributed by atoms with Crippen LogP contribution in [0.4, 0.5) is 0 Å². The lowest BCUT2D eigenvalue weighted by Gasteiger charge is -2.17. The molecule has 0 fully saturated rings. The van der Waals surface area contributed by atoms with E-state index in [-0.39, 0.29) is 0 Å². The zero-order valence-electron chi connectivity index (χ0n) is 8.90. The van der Waals surface area contributed by atoms with E-state index in [0.29, 0.717) is 12.0 Å². The van der Waals surface area contributed by atoms with Crippen molar-refractivity contribution in [1.29, 1.82) is 0 Å². The van der Waals surface area contributed by atoms with Gasteiger partial charge in [-0.3, -0.25) is 0 Å². The molecule has 0 aromatic carbocycles. The van der Waals surface area contributed by atoms with Gasteiger partial charge in [0.25, 0.3) is 0 Å². The molecule has 0 unspecified atom stereocenters. The van der Waals surface area contributed by atoms with Crippen LogP contribution in [0.2, 0.25) is 0 Å². The molecule has 0 aliphatic rings. The van der Waals surface area contributed by atoms with E-state index in [4.69, 9.17) is 5.11 Å². The Balaban J connectivity index is 3.01. The van der Waals surface area contributed by atoms with Gasteiger partial charge in [0.15, 0.2) is 0 Å². The lowest BCUT2D eigenvalue weighted by molar-refractivity contribution is 0.281. The highest BCUT2D eigenvalue weighted by atomic mass is 16.2. The summed E-state index contributed by atoms with van der Waals surface area (Å²) in [7, 11) is 0. The average Bonchev–Trinajstić information content (AvgIpc) is 1.94. The Morgan fingerprint density at radius 2 is 1.33 bits per heavy atom. The van der Waals surface area contributed by atoms with E-state index in [1.54, 1.807) is 0 Å². The molecule has 0 radical (unpaired) electrons. The van der Waals surface area contributed by atoms with Gasteiger partial charge in [-0.15, -0.1) is 0 Å². The van der Waals surface area contributed by atoms with Crippen LogP contribution < -0.4 is 0 Å². The molecular weight excluding hydrogens is 148 g/mol. The van der Waals surface area contributed by atoms with E-state index < -0.39 is 0 Å². The SMILES string of the molecule is CC(C)(C)CCCCCCCO. The molecule has 0 heterocycles. The quantitative estimate of drug-likeness (QED) is 0.609. The van der Waals surface area contributed by atoms with Crippen LogP contribution >= 0.6 is 0 Å². The second-order valence-corrected chi connectivity index (χ2v) is 4.80. The maximum atomic E-state index is 8.55. The number of aliphatic hydroxyl groups is 1. The Bertz CT molecular complexity index is 91.7. The van der Waals surface area contributed by atoms with Gasteiger partial charge in [0.05, 0.1) is 0 Å². The monoisotopic (exact) mass is 172 g/mol. The van der Waals surface area contributed by atoms with Crippen LogP contribution in [0.5, 0.6) is 0 Å². The fourth-order valence-electron chi connectivity index (χ4n) is 1.30. The minimum absolute atomic E-state index is 0.360. The van der Waals surface area contributed by atoms with E-state index in [1.807, 2.05) is 0 Å². The maximum Gasteiger partial charge on any atom is 0.0431 e. The fraction of sp³-hybridized carbons (Fsp3) is 1.00. The summed E-state index contributed by atoms with van der Waals surface area (Å²) in [5.41, 5.74) is 0.497. The molecule has 0 aliphatic heterocycles. The molecule has 1 N–H and O–H groups in total. The third-order valence-electron chi connectivity index (χ3n) is 2.08. The van der Waals surface area contributed by atoms with Gasteiger partial charge < -0.3 is 5.11 Å². The second kappa shape index (κ2) is 6.47. The molecule has 0 saturated carbocycles. The van der Waals surface area contributed by atoms with E-state index in [0.717, 1.165) is 6.42 Å². The number of rotatable bonds is 6. The third kappa shape index (κ3) is 9.96. The van der Waals surface area contributed by atoms with E-state index in [1.165, 1.54) is 32.1 Å². The van der Waals surface area contributed by atoms with Crippen molar-refractivity contribution in [1.82, 2.24) is 0 Å². The predicted octanol–water partition coefficient (Wildman–Crippen LogP) is 3.37. The largest absolute Gasteiger partial charge is 0.396 e. The highest BCUT2D eigenvalue weighted by molar-refractivity contribution is 4.60. The molecule has 12 heavy (non-hydrogen) atoms. The van der Waals surface area contributed by atoms with Crippen LogP contribution in [-0.4, -0.2) is 11.7 Å². The highest BCUT2D eigenvalue weighted by Gasteiger charge is 2.08. The molecule has 0 rings (SSSR count). The Morgan fingerprint density at radius 1 is 0.833 bits per heavy atom. The summed E-state index contributed by atoms with van der Waals surface area (Å²) in [6.07, 6.45) is 7.46. The normalized spacial score (nSPS) is 12.0. The topological polar surface area (TPSA) is 20.2 Å². The van der Waals surface area contributed by atoms with Crippen molar-refractivity contribution in [3.63, 3.8) is 0 Å². The van der Waals surface area contributed by atoms with E-state index in [2.05, 4.69) is 20.8 Å². The summed E-state index contributed by atoms with van der Waals surface area (Å²) in [6, 6.07) is 0. The zero-order valence-corrected chi connectivity index (χ0v) is 8.90. The van der Waals surface area contributed by atoms with Gasteiger partial charge in [-0.25, -0.2) is 0 Å². The first-order valence-electron chi connectivity index (χ1n) is 5.17. The molecular formula is C11H24O. The predicted molar refractivity (Wildman–Crippen MR) is 54.2 cm³/mol. The molecule has 0 aromatic rings. The van der Waals surface area contributed by atoms with Crippen LogP contribution in [-0.2, 0) is 0 Å². The standard InChI is InChI=1S/C11H24O/c1-11(2,3)9-7-5-4-6-8-10-12/h12H,4-10H2,1-3H3. The second-order valence-electron chi connectivity index (χ2n) is 4.80. The number of aliphatic hydroxyl groups excluding tert-OH is 1. The van der Waals surface area contributed by atoms with Crippen LogP contribution in [0.15, 0.2) is 0 Å². The lowest BCUT2D eigenvalue weighted by Crippen LogP contribution is -2.03. The van der Waals surface area contributed by atoms with E-state index >= 15 is 0 Å². The van der Waals surface area contributed by atoms with Crippen LogP contribution in [0.25, 0.3) is 0 Å². The average molecular weight is 172 g/mol. The first-order valence-corrected chi connectivity index (χ1v) is 5.17. The Hall–Kier alpha value is -0.0400. The summed E-state index contributed by atoms with van der Waals surface area (Å²) in [4.78, 5) is 0. The van der Waals surface area contributed by atoms with Gasteiger partial charge >= 0.3 is 0 Å². The van der Waals surface area contributed by atoms with E-state index in [9.17, 15) is 0 Å². The van der Waals surface area contributed by atoms with Gasteiger partial charge in [-0.05, 0) is 18.3 Å². The Kier molecular flexibility index (Phi) is 6.45. The summed E-state index contributed by atoms with van der Waals surface area (Å²) >= 11 is 0. The highest BCUT2D eigenvalue weighted by Crippen LogP contribution is 2.22. The van der Waals surface area contributed by atoms with Crippen molar-refractivity contribution in [2.24, 2.45) is 5.41 Å². The van der Waals surface area contributed by atoms with Gasteiger partial charge in [-0.2, -0.15) is 0 Å². The minimum Gasteiger partial charge on any atom is -0.396 e. The number of hydrogen-bond acceptors (Lipinski definition) is 1. The van der Waals surface area contributed by atoms with Crippen LogP contribution in [0, 0.1) is 5.41 Å². The maximum absolute atomic E-state index is 8.55. The lowest BCUT2D eigenvalue weighted by atomic mass is 9.89. The minimum atomic E-state index is 0.360. The molecule has 0 amide bonds. The molecule has 1 heteroatoms. The zero-order chi connectivity index (χ0) is 9.45. The van der Waals surface area contributed by atoms with Gasteiger partial charge in [0.1, 0.15) is 0 Å². The first kappa shape index (κ1) is 12.0. The molecule has 0 saturated heterocycles. The molecule has 0 aromatic heterocycles. The summed E-state index contributed by atoms with van der Waals surface area (Å²) in [5.74, 6) is 0. The molecule has 0 bridgehead atoms. The Morgan fingerprint density at radius 3 is 1.83 bits per heavy atom. The third-order valence-corrected chi connectivity index (χ3v) is 2.08. The fourth-order valence-corrected chi connectivity index (χ4v) is 1.30. The smallest absolute Gasteiger partial charge is 0.0431 e. The molecule has 1 nitrogen and oxygen atoms in total. The summed E-state index contributed by atoms with van der Waals surface area (Å²) in [5, 5.41) is 8.55.